The van der Waals surface area contributed by atoms with E-state index in [4.69, 9.17) is 10.1 Å². The molecule has 1 fully saturated rings. The number of amidine groups is 1. The molecule has 0 spiro atoms. The molecule has 0 bridgehead atoms. The van der Waals surface area contributed by atoms with Gasteiger partial charge in [0, 0.05) is 18.2 Å². The molecule has 0 aromatic heterocycles. The number of carbonyl (C=O) groups is 3. The number of hydrogen-bond acceptors (Lipinski definition) is 6. The smallest absolute Gasteiger partial charge is 0.413 e. The van der Waals surface area contributed by atoms with E-state index >= 15 is 0 Å². The molecule has 4 rings (SSSR count). The van der Waals surface area contributed by atoms with Crippen LogP contribution in [0.15, 0.2) is 84.9 Å². The monoisotopic (exact) mass is 597 g/mol. The quantitative estimate of drug-likeness (QED) is 0.140. The lowest BCUT2D eigenvalue weighted by Gasteiger charge is -2.29. The minimum absolute atomic E-state index is 0.0846. The standard InChI is InChI=1S/C35H43N5O4/c1-25(38-34(42)31(39-30-15-9-4-10-16-30)22-19-26-11-5-2-6-12-26)33(41)37-23-27-17-20-29(21-18-27)32(36)40-35(43)44-24-28-13-7-3-8-14-28/h2-3,5-8,11-14,17-18,20-21,25,30-31,39H,4,9-10,15-16,19,22-24H2,1H3,(H,37,41)(H,38,42)(H2,36,40,43)/t25-,31+/m0/s1. The normalized spacial score (nSPS) is 14.6. The predicted molar refractivity (Wildman–Crippen MR) is 171 cm³/mol. The molecule has 5 N–H and O–H groups in total. The topological polar surface area (TPSA) is 132 Å². The van der Waals surface area contributed by atoms with Crippen LogP contribution in [0.2, 0.25) is 0 Å². The molecule has 1 aliphatic carbocycles. The van der Waals surface area contributed by atoms with Crippen LogP contribution in [0.25, 0.3) is 0 Å². The molecular weight excluding hydrogens is 554 g/mol. The SMILES string of the molecule is C[C@H](NC(=O)[C@@H](CCc1ccccc1)NC1CCCCC1)C(=O)NCc1ccc(C(=N)NC(=O)OCc2ccccc2)cc1. The Balaban J connectivity index is 1.22. The molecule has 0 aliphatic heterocycles. The highest BCUT2D eigenvalue weighted by molar-refractivity contribution is 6.04. The van der Waals surface area contributed by atoms with Crippen LogP contribution in [0.3, 0.4) is 0 Å². The summed E-state index contributed by atoms with van der Waals surface area (Å²) in [5, 5.41) is 20.0. The molecule has 0 unspecified atom stereocenters. The van der Waals surface area contributed by atoms with Gasteiger partial charge >= 0.3 is 6.09 Å². The number of nitrogens with one attached hydrogen (secondary N) is 5. The highest BCUT2D eigenvalue weighted by Crippen LogP contribution is 2.19. The second-order valence-corrected chi connectivity index (χ2v) is 11.3. The van der Waals surface area contributed by atoms with Crippen LogP contribution in [0.5, 0.6) is 0 Å². The van der Waals surface area contributed by atoms with E-state index in [1.54, 1.807) is 31.2 Å². The Hall–Kier alpha value is -4.50. The van der Waals surface area contributed by atoms with E-state index in [0.29, 0.717) is 18.0 Å². The highest BCUT2D eigenvalue weighted by atomic mass is 16.5. The maximum Gasteiger partial charge on any atom is 0.413 e. The molecule has 44 heavy (non-hydrogen) atoms. The largest absolute Gasteiger partial charge is 0.444 e. The van der Waals surface area contributed by atoms with Crippen molar-refractivity contribution in [3.05, 3.63) is 107 Å². The second-order valence-electron chi connectivity index (χ2n) is 11.3. The van der Waals surface area contributed by atoms with Crippen LogP contribution in [0, 0.1) is 5.41 Å². The summed E-state index contributed by atoms with van der Waals surface area (Å²) in [5.41, 5.74) is 3.36. The molecule has 2 atom stereocenters. The maximum atomic E-state index is 13.3. The van der Waals surface area contributed by atoms with Crippen LogP contribution >= 0.6 is 0 Å². The highest BCUT2D eigenvalue weighted by Gasteiger charge is 2.26. The fourth-order valence-electron chi connectivity index (χ4n) is 5.24. The van der Waals surface area contributed by atoms with Crippen molar-refractivity contribution in [3.63, 3.8) is 0 Å². The first kappa shape index (κ1) is 32.4. The first-order valence-electron chi connectivity index (χ1n) is 15.4. The average Bonchev–Trinajstić information content (AvgIpc) is 3.06. The van der Waals surface area contributed by atoms with Crippen molar-refractivity contribution < 1.29 is 19.1 Å². The Labute approximate surface area is 259 Å². The predicted octanol–water partition coefficient (Wildman–Crippen LogP) is 4.98. The van der Waals surface area contributed by atoms with Crippen molar-refractivity contribution in [2.75, 3.05) is 0 Å². The van der Waals surface area contributed by atoms with Gasteiger partial charge in [-0.25, -0.2) is 4.79 Å². The zero-order valence-corrected chi connectivity index (χ0v) is 25.3. The third kappa shape index (κ3) is 10.6. The molecule has 3 aromatic carbocycles. The molecule has 0 saturated heterocycles. The Morgan fingerprint density at radius 1 is 0.818 bits per heavy atom. The van der Waals surface area contributed by atoms with Gasteiger partial charge in [0.15, 0.2) is 0 Å². The number of rotatable bonds is 13. The molecular formula is C35H43N5O4. The van der Waals surface area contributed by atoms with Crippen LogP contribution in [-0.2, 0) is 33.9 Å². The minimum Gasteiger partial charge on any atom is -0.444 e. The van der Waals surface area contributed by atoms with Gasteiger partial charge in [0.05, 0.1) is 6.04 Å². The summed E-state index contributed by atoms with van der Waals surface area (Å²) in [5.74, 6) is -0.525. The molecule has 9 nitrogen and oxygen atoms in total. The van der Waals surface area contributed by atoms with Gasteiger partial charge in [-0.15, -0.1) is 0 Å². The summed E-state index contributed by atoms with van der Waals surface area (Å²) < 4.78 is 5.17. The van der Waals surface area contributed by atoms with Gasteiger partial charge in [0.1, 0.15) is 18.5 Å². The van der Waals surface area contributed by atoms with Crippen molar-refractivity contribution in [2.24, 2.45) is 0 Å². The summed E-state index contributed by atoms with van der Waals surface area (Å²) in [6.45, 7) is 2.06. The molecule has 0 radical (unpaired) electrons. The van der Waals surface area contributed by atoms with Crippen molar-refractivity contribution in [1.29, 1.82) is 5.41 Å². The number of aryl methyl sites for hydroxylation is 1. The molecule has 1 saturated carbocycles. The number of hydrogen-bond donors (Lipinski definition) is 5. The van der Waals surface area contributed by atoms with Crippen molar-refractivity contribution in [3.8, 4) is 0 Å². The first-order valence-corrected chi connectivity index (χ1v) is 15.4. The van der Waals surface area contributed by atoms with E-state index in [0.717, 1.165) is 30.4 Å². The van der Waals surface area contributed by atoms with Gasteiger partial charge in [-0.05, 0) is 49.3 Å². The van der Waals surface area contributed by atoms with E-state index in [1.165, 1.54) is 24.8 Å². The van der Waals surface area contributed by atoms with E-state index in [2.05, 4.69) is 33.4 Å². The van der Waals surface area contributed by atoms with Gasteiger partial charge in [-0.3, -0.25) is 20.3 Å². The lowest BCUT2D eigenvalue weighted by molar-refractivity contribution is -0.130. The van der Waals surface area contributed by atoms with Crippen LogP contribution in [-0.4, -0.2) is 41.9 Å². The Bertz CT molecular complexity index is 1360. The van der Waals surface area contributed by atoms with Crippen molar-refractivity contribution in [1.82, 2.24) is 21.3 Å². The van der Waals surface area contributed by atoms with Crippen LogP contribution in [0.1, 0.15) is 67.7 Å². The van der Waals surface area contributed by atoms with E-state index in [9.17, 15) is 14.4 Å². The molecule has 0 heterocycles. The van der Waals surface area contributed by atoms with Gasteiger partial charge < -0.3 is 20.7 Å². The third-order valence-corrected chi connectivity index (χ3v) is 7.82. The lowest BCUT2D eigenvalue weighted by atomic mass is 9.94. The molecule has 1 aliphatic rings. The van der Waals surface area contributed by atoms with Gasteiger partial charge in [0.25, 0.3) is 0 Å². The van der Waals surface area contributed by atoms with E-state index in [1.807, 2.05) is 48.5 Å². The summed E-state index contributed by atoms with van der Waals surface area (Å²) in [4.78, 5) is 38.2. The molecule has 232 valence electrons. The maximum absolute atomic E-state index is 13.3. The fourth-order valence-corrected chi connectivity index (χ4v) is 5.24. The van der Waals surface area contributed by atoms with Gasteiger partial charge in [0.2, 0.25) is 11.8 Å². The Morgan fingerprint density at radius 2 is 1.45 bits per heavy atom. The Morgan fingerprint density at radius 3 is 2.11 bits per heavy atom. The van der Waals surface area contributed by atoms with Crippen molar-refractivity contribution >= 4 is 23.7 Å². The number of benzene rings is 3. The minimum atomic E-state index is -0.706. The lowest BCUT2D eigenvalue weighted by Crippen LogP contribution is -2.53. The first-order chi connectivity index (χ1) is 21.4. The fraction of sp³-hybridized carbons (Fsp3) is 0.371. The average molecular weight is 598 g/mol. The van der Waals surface area contributed by atoms with Gasteiger partial charge in [-0.1, -0.05) is 104 Å². The summed E-state index contributed by atoms with van der Waals surface area (Å²) in [6.07, 6.45) is 6.44. The van der Waals surface area contributed by atoms with Crippen LogP contribution < -0.4 is 21.3 Å². The number of amides is 3. The summed E-state index contributed by atoms with van der Waals surface area (Å²) in [6, 6.07) is 25.6. The molecule has 3 amide bonds. The van der Waals surface area contributed by atoms with E-state index in [-0.39, 0.29) is 36.8 Å². The number of ether oxygens (including phenoxy) is 1. The summed E-state index contributed by atoms with van der Waals surface area (Å²) >= 11 is 0. The van der Waals surface area contributed by atoms with Crippen LogP contribution in [0.4, 0.5) is 4.79 Å². The zero-order valence-electron chi connectivity index (χ0n) is 25.3. The Kier molecular flexibility index (Phi) is 12.5. The van der Waals surface area contributed by atoms with Crippen molar-refractivity contribution in [2.45, 2.75) is 83.1 Å². The number of alkyl carbamates (subject to hydrolysis) is 1. The second kappa shape index (κ2) is 17.0. The molecule has 9 heteroatoms. The molecule has 3 aromatic rings. The summed E-state index contributed by atoms with van der Waals surface area (Å²) in [7, 11) is 0. The van der Waals surface area contributed by atoms with E-state index < -0.39 is 12.1 Å². The third-order valence-electron chi connectivity index (χ3n) is 7.82. The zero-order chi connectivity index (χ0) is 31.1. The number of carbonyl (C=O) groups excluding carboxylic acids is 3. The van der Waals surface area contributed by atoms with Gasteiger partial charge in [-0.2, -0.15) is 0 Å².